The van der Waals surface area contributed by atoms with E-state index in [2.05, 4.69) is 20.9 Å². The molecule has 0 bridgehead atoms. The molecular weight excluding hydrogens is 284 g/mol. The molecule has 0 saturated carbocycles. The van der Waals surface area contributed by atoms with Gasteiger partial charge in [-0.25, -0.2) is 8.78 Å². The van der Waals surface area contributed by atoms with Crippen molar-refractivity contribution in [3.05, 3.63) is 28.6 Å². The number of nitrogens with zero attached hydrogens (tertiary/aromatic N) is 1. The number of carboxylic acids is 1. The van der Waals surface area contributed by atoms with Crippen LogP contribution in [0.2, 0.25) is 0 Å². The largest absolute Gasteiger partial charge is 0.481 e. The van der Waals surface area contributed by atoms with Crippen LogP contribution in [0.1, 0.15) is 28.9 Å². The lowest BCUT2D eigenvalue weighted by molar-refractivity contribution is -0.136. The van der Waals surface area contributed by atoms with E-state index in [1.165, 1.54) is 6.07 Å². The zero-order valence-electron chi connectivity index (χ0n) is 8.51. The minimum Gasteiger partial charge on any atom is -0.481 e. The first-order chi connectivity index (χ1) is 7.45. The van der Waals surface area contributed by atoms with Crippen LogP contribution in [0.15, 0.2) is 6.07 Å². The molecule has 0 aliphatic heterocycles. The van der Waals surface area contributed by atoms with Gasteiger partial charge in [0.2, 0.25) is 0 Å². The highest BCUT2D eigenvalue weighted by Crippen LogP contribution is 2.28. The van der Waals surface area contributed by atoms with Crippen molar-refractivity contribution >= 4 is 21.9 Å². The second kappa shape index (κ2) is 5.34. The minimum absolute atomic E-state index is 0.0584. The van der Waals surface area contributed by atoms with Gasteiger partial charge in [0.1, 0.15) is 0 Å². The Bertz CT molecular complexity index is 410. The number of hydrogen-bond donors (Lipinski definition) is 1. The highest BCUT2D eigenvalue weighted by molar-refractivity contribution is 9.08. The van der Waals surface area contributed by atoms with E-state index < -0.39 is 18.8 Å². The van der Waals surface area contributed by atoms with Crippen molar-refractivity contribution in [1.82, 2.24) is 4.98 Å². The Balaban J connectivity index is 3.32. The molecule has 0 fully saturated rings. The number of aliphatic carboxylic acids is 1. The summed E-state index contributed by atoms with van der Waals surface area (Å²) in [6.45, 7) is 1.65. The number of aromatic nitrogens is 1. The lowest BCUT2D eigenvalue weighted by Gasteiger charge is -2.12. The number of pyridine rings is 1. The van der Waals surface area contributed by atoms with Crippen LogP contribution in [0.4, 0.5) is 8.78 Å². The highest BCUT2D eigenvalue weighted by Gasteiger charge is 2.20. The zero-order chi connectivity index (χ0) is 12.3. The monoisotopic (exact) mass is 293 g/mol. The number of hydrogen-bond acceptors (Lipinski definition) is 2. The van der Waals surface area contributed by atoms with Gasteiger partial charge in [0.05, 0.1) is 12.1 Å². The van der Waals surface area contributed by atoms with E-state index >= 15 is 0 Å². The van der Waals surface area contributed by atoms with Gasteiger partial charge in [-0.05, 0) is 18.6 Å². The number of aryl methyl sites for hydroxylation is 1. The van der Waals surface area contributed by atoms with E-state index in [9.17, 15) is 13.6 Å². The molecule has 1 aromatic heterocycles. The molecule has 0 spiro atoms. The fraction of sp³-hybridized carbons (Fsp3) is 0.400. The molecule has 0 radical (unpaired) electrons. The van der Waals surface area contributed by atoms with Gasteiger partial charge >= 0.3 is 5.97 Å². The van der Waals surface area contributed by atoms with Crippen molar-refractivity contribution in [3.8, 4) is 0 Å². The van der Waals surface area contributed by atoms with E-state index in [1.807, 2.05) is 0 Å². The topological polar surface area (TPSA) is 50.2 Å². The van der Waals surface area contributed by atoms with Gasteiger partial charge < -0.3 is 5.11 Å². The average molecular weight is 294 g/mol. The van der Waals surface area contributed by atoms with Crippen LogP contribution in [0, 0.1) is 6.92 Å². The number of alkyl halides is 3. The third-order valence-corrected chi connectivity index (χ3v) is 2.64. The lowest BCUT2D eigenvalue weighted by Crippen LogP contribution is -2.10. The zero-order valence-corrected chi connectivity index (χ0v) is 10.1. The number of rotatable bonds is 4. The predicted octanol–water partition coefficient (Wildman–Crippen LogP) is 2.85. The summed E-state index contributed by atoms with van der Waals surface area (Å²) in [5.74, 6) is -1.17. The molecule has 16 heavy (non-hydrogen) atoms. The van der Waals surface area contributed by atoms with Crippen molar-refractivity contribution < 1.29 is 18.7 Å². The van der Waals surface area contributed by atoms with Gasteiger partial charge in [-0.15, -0.1) is 0 Å². The Hall–Kier alpha value is -1.04. The first-order valence-corrected chi connectivity index (χ1v) is 5.63. The summed E-state index contributed by atoms with van der Waals surface area (Å²) in [7, 11) is 0. The number of halogens is 3. The summed E-state index contributed by atoms with van der Waals surface area (Å²) in [6.07, 6.45) is -3.20. The Morgan fingerprint density at radius 2 is 2.25 bits per heavy atom. The molecule has 3 nitrogen and oxygen atoms in total. The molecule has 0 saturated heterocycles. The Labute approximate surface area is 99.6 Å². The summed E-state index contributed by atoms with van der Waals surface area (Å²) in [6, 6.07) is 1.53. The van der Waals surface area contributed by atoms with Gasteiger partial charge in [0.25, 0.3) is 6.43 Å². The molecule has 0 aliphatic carbocycles. The standard InChI is InChI=1S/C10H10BrF2NO2/c1-5-2-6(4-11)9(10(12)13)7(14-5)3-8(15)16/h2,10H,3-4H2,1H3,(H,15,16). The third kappa shape index (κ3) is 2.98. The second-order valence-electron chi connectivity index (χ2n) is 3.29. The summed E-state index contributed by atoms with van der Waals surface area (Å²) in [4.78, 5) is 14.4. The van der Waals surface area contributed by atoms with Crippen molar-refractivity contribution in [1.29, 1.82) is 0 Å². The Morgan fingerprint density at radius 3 is 2.69 bits per heavy atom. The molecule has 0 aliphatic rings. The quantitative estimate of drug-likeness (QED) is 0.869. The van der Waals surface area contributed by atoms with Crippen LogP contribution < -0.4 is 0 Å². The highest BCUT2D eigenvalue weighted by atomic mass is 79.9. The van der Waals surface area contributed by atoms with E-state index in [-0.39, 0.29) is 16.6 Å². The van der Waals surface area contributed by atoms with Gasteiger partial charge in [-0.1, -0.05) is 15.9 Å². The molecule has 0 amide bonds. The first-order valence-electron chi connectivity index (χ1n) is 4.51. The lowest BCUT2D eigenvalue weighted by atomic mass is 10.0. The second-order valence-corrected chi connectivity index (χ2v) is 3.85. The molecule has 6 heteroatoms. The van der Waals surface area contributed by atoms with Crippen molar-refractivity contribution in [2.75, 3.05) is 0 Å². The fourth-order valence-electron chi connectivity index (χ4n) is 1.48. The molecule has 0 aromatic carbocycles. The van der Waals surface area contributed by atoms with Crippen LogP contribution in [0.5, 0.6) is 0 Å². The summed E-state index contributed by atoms with van der Waals surface area (Å²) >= 11 is 3.10. The SMILES string of the molecule is Cc1cc(CBr)c(C(F)F)c(CC(=O)O)n1. The maximum Gasteiger partial charge on any atom is 0.309 e. The van der Waals surface area contributed by atoms with Crippen LogP contribution in [0.25, 0.3) is 0 Å². The molecule has 88 valence electrons. The fourth-order valence-corrected chi connectivity index (χ4v) is 1.94. The predicted molar refractivity (Wildman–Crippen MR) is 57.9 cm³/mol. The smallest absolute Gasteiger partial charge is 0.309 e. The molecule has 1 N–H and O–H groups in total. The summed E-state index contributed by atoms with van der Waals surface area (Å²) in [5.41, 5.74) is 0.593. The Morgan fingerprint density at radius 1 is 1.62 bits per heavy atom. The van der Waals surface area contributed by atoms with Crippen molar-refractivity contribution in [2.45, 2.75) is 25.1 Å². The van der Waals surface area contributed by atoms with Crippen LogP contribution >= 0.6 is 15.9 Å². The van der Waals surface area contributed by atoms with Crippen LogP contribution in [-0.4, -0.2) is 16.1 Å². The molecule has 0 atom stereocenters. The summed E-state index contributed by atoms with van der Waals surface area (Å²) in [5, 5.41) is 8.88. The van der Waals surface area contributed by atoms with Crippen LogP contribution in [0.3, 0.4) is 0 Å². The Kier molecular flexibility index (Phi) is 4.35. The van der Waals surface area contributed by atoms with Crippen molar-refractivity contribution in [2.24, 2.45) is 0 Å². The van der Waals surface area contributed by atoms with Gasteiger partial charge in [-0.3, -0.25) is 9.78 Å². The molecule has 1 aromatic rings. The molecular formula is C10H10BrF2NO2. The van der Waals surface area contributed by atoms with Gasteiger partial charge in [0, 0.05) is 16.6 Å². The summed E-state index contributed by atoms with van der Waals surface area (Å²) < 4.78 is 25.6. The van der Waals surface area contributed by atoms with Gasteiger partial charge in [-0.2, -0.15) is 0 Å². The average Bonchev–Trinajstić information content (AvgIpc) is 2.14. The molecule has 1 heterocycles. The maximum atomic E-state index is 12.8. The van der Waals surface area contributed by atoms with Gasteiger partial charge in [0.15, 0.2) is 0 Å². The number of carboxylic acid groups (broad SMARTS) is 1. The van der Waals surface area contributed by atoms with E-state index in [1.54, 1.807) is 6.92 Å². The maximum absolute atomic E-state index is 12.8. The van der Waals surface area contributed by atoms with E-state index in [0.29, 0.717) is 11.3 Å². The number of carbonyl (C=O) groups is 1. The van der Waals surface area contributed by atoms with Crippen molar-refractivity contribution in [3.63, 3.8) is 0 Å². The van der Waals surface area contributed by atoms with E-state index in [0.717, 1.165) is 0 Å². The normalized spacial score (nSPS) is 10.8. The minimum atomic E-state index is -2.71. The third-order valence-electron chi connectivity index (χ3n) is 2.03. The van der Waals surface area contributed by atoms with Crippen LogP contribution in [-0.2, 0) is 16.5 Å². The molecule has 1 rings (SSSR count). The first kappa shape index (κ1) is 13.0. The molecule has 0 unspecified atom stereocenters. The van der Waals surface area contributed by atoms with E-state index in [4.69, 9.17) is 5.11 Å².